The molecule has 126 valence electrons. The number of anilines is 1. The number of carbonyl (C=O) groups excluding carboxylic acids is 1. The predicted molar refractivity (Wildman–Crippen MR) is 101 cm³/mol. The SMILES string of the molecule is CCC1CCc2sc(C(=O)N/N=C(\C)c3cccc(N)c3)cc2C1. The predicted octanol–water partition coefficient (Wildman–Crippen LogP) is 4.00. The van der Waals surface area contributed by atoms with Crippen LogP contribution in [0.25, 0.3) is 0 Å². The molecule has 0 saturated heterocycles. The van der Waals surface area contributed by atoms with E-state index in [1.54, 1.807) is 11.3 Å². The van der Waals surface area contributed by atoms with Crippen LogP contribution in [0.2, 0.25) is 0 Å². The topological polar surface area (TPSA) is 67.5 Å². The van der Waals surface area contributed by atoms with E-state index in [0.717, 1.165) is 34.9 Å². The Morgan fingerprint density at radius 2 is 2.25 bits per heavy atom. The Bertz CT molecular complexity index is 779. The first-order chi connectivity index (χ1) is 11.6. The minimum Gasteiger partial charge on any atom is -0.399 e. The van der Waals surface area contributed by atoms with Crippen LogP contribution in [0.5, 0.6) is 0 Å². The molecule has 4 nitrogen and oxygen atoms in total. The summed E-state index contributed by atoms with van der Waals surface area (Å²) >= 11 is 1.60. The summed E-state index contributed by atoms with van der Waals surface area (Å²) in [6, 6.07) is 9.52. The van der Waals surface area contributed by atoms with Crippen molar-refractivity contribution in [2.75, 3.05) is 5.73 Å². The molecule has 2 aromatic rings. The van der Waals surface area contributed by atoms with Gasteiger partial charge in [-0.25, -0.2) is 5.43 Å². The molecule has 0 aliphatic heterocycles. The third-order valence-corrected chi connectivity index (χ3v) is 5.85. The Labute approximate surface area is 146 Å². The Hall–Kier alpha value is -2.14. The fourth-order valence-electron chi connectivity index (χ4n) is 3.08. The maximum Gasteiger partial charge on any atom is 0.281 e. The van der Waals surface area contributed by atoms with Crippen LogP contribution in [0.15, 0.2) is 35.4 Å². The van der Waals surface area contributed by atoms with Gasteiger partial charge < -0.3 is 5.73 Å². The Kier molecular flexibility index (Phi) is 5.00. The maximum atomic E-state index is 12.4. The highest BCUT2D eigenvalue weighted by Gasteiger charge is 2.21. The molecule has 1 atom stereocenters. The minimum absolute atomic E-state index is 0.134. The molecule has 0 radical (unpaired) electrons. The molecule has 24 heavy (non-hydrogen) atoms. The van der Waals surface area contributed by atoms with Gasteiger partial charge in [0.25, 0.3) is 5.91 Å². The molecule has 0 saturated carbocycles. The van der Waals surface area contributed by atoms with Crippen LogP contribution in [0, 0.1) is 5.92 Å². The number of carbonyl (C=O) groups is 1. The van der Waals surface area contributed by atoms with Crippen LogP contribution < -0.4 is 11.2 Å². The number of thiophene rings is 1. The molecule has 0 bridgehead atoms. The van der Waals surface area contributed by atoms with E-state index in [-0.39, 0.29) is 5.91 Å². The van der Waals surface area contributed by atoms with Gasteiger partial charge in [-0.05, 0) is 61.4 Å². The summed E-state index contributed by atoms with van der Waals surface area (Å²) in [5.74, 6) is 0.623. The van der Waals surface area contributed by atoms with Crippen LogP contribution in [-0.2, 0) is 12.8 Å². The van der Waals surface area contributed by atoms with Crippen LogP contribution in [0.4, 0.5) is 5.69 Å². The highest BCUT2D eigenvalue weighted by molar-refractivity contribution is 7.14. The number of hydrazone groups is 1. The molecule has 1 aromatic carbocycles. The molecule has 1 aliphatic rings. The molecule has 1 aromatic heterocycles. The second-order valence-electron chi connectivity index (χ2n) is 6.34. The van der Waals surface area contributed by atoms with E-state index in [4.69, 9.17) is 5.73 Å². The third kappa shape index (κ3) is 3.67. The average Bonchev–Trinajstić information content (AvgIpc) is 3.02. The van der Waals surface area contributed by atoms with Crippen LogP contribution in [0.3, 0.4) is 0 Å². The van der Waals surface area contributed by atoms with Crippen LogP contribution in [0.1, 0.15) is 52.4 Å². The molecule has 3 N–H and O–H groups in total. The summed E-state index contributed by atoms with van der Waals surface area (Å²) in [5, 5.41) is 4.22. The zero-order chi connectivity index (χ0) is 17.1. The second kappa shape index (κ2) is 7.18. The van der Waals surface area contributed by atoms with Crippen molar-refractivity contribution in [3.05, 3.63) is 51.2 Å². The Morgan fingerprint density at radius 3 is 3.00 bits per heavy atom. The lowest BCUT2D eigenvalue weighted by Gasteiger charge is -2.19. The monoisotopic (exact) mass is 341 g/mol. The van der Waals surface area contributed by atoms with E-state index in [9.17, 15) is 4.79 Å². The van der Waals surface area contributed by atoms with Crippen LogP contribution in [-0.4, -0.2) is 11.6 Å². The lowest BCUT2D eigenvalue weighted by atomic mass is 9.87. The number of nitrogen functional groups attached to an aromatic ring is 1. The maximum absolute atomic E-state index is 12.4. The highest BCUT2D eigenvalue weighted by Crippen LogP contribution is 2.33. The Morgan fingerprint density at radius 1 is 1.42 bits per heavy atom. The number of hydrogen-bond acceptors (Lipinski definition) is 4. The molecule has 0 spiro atoms. The number of amides is 1. The van der Waals surface area contributed by atoms with Crippen molar-refractivity contribution in [2.45, 2.75) is 39.5 Å². The lowest BCUT2D eigenvalue weighted by Crippen LogP contribution is -2.18. The van der Waals surface area contributed by atoms with Gasteiger partial charge in [0.15, 0.2) is 0 Å². The van der Waals surface area contributed by atoms with E-state index in [0.29, 0.717) is 5.69 Å². The first-order valence-corrected chi connectivity index (χ1v) is 9.20. The molecule has 1 aliphatic carbocycles. The summed E-state index contributed by atoms with van der Waals surface area (Å²) in [6.45, 7) is 4.10. The molecule has 1 amide bonds. The number of aryl methyl sites for hydroxylation is 1. The molecule has 5 heteroatoms. The number of fused-ring (bicyclic) bond motifs is 1. The zero-order valence-electron chi connectivity index (χ0n) is 14.1. The number of nitrogens with zero attached hydrogens (tertiary/aromatic N) is 1. The van der Waals surface area contributed by atoms with Gasteiger partial charge in [-0.3, -0.25) is 4.79 Å². The van der Waals surface area contributed by atoms with Gasteiger partial charge in [0.05, 0.1) is 10.6 Å². The summed E-state index contributed by atoms with van der Waals surface area (Å²) in [5.41, 5.74) is 12.1. The Balaban J connectivity index is 1.69. The highest BCUT2D eigenvalue weighted by atomic mass is 32.1. The van der Waals surface area contributed by atoms with E-state index < -0.39 is 0 Å². The number of hydrogen-bond donors (Lipinski definition) is 2. The third-order valence-electron chi connectivity index (χ3n) is 4.62. The fraction of sp³-hybridized carbons (Fsp3) is 0.368. The van der Waals surface area contributed by atoms with Crippen molar-refractivity contribution in [2.24, 2.45) is 11.0 Å². The second-order valence-corrected chi connectivity index (χ2v) is 7.48. The normalized spacial score (nSPS) is 17.4. The van der Waals surface area contributed by atoms with Gasteiger partial charge >= 0.3 is 0 Å². The lowest BCUT2D eigenvalue weighted by molar-refractivity contribution is 0.0959. The quantitative estimate of drug-likeness (QED) is 0.501. The summed E-state index contributed by atoms with van der Waals surface area (Å²) in [7, 11) is 0. The van der Waals surface area contributed by atoms with Crippen molar-refractivity contribution in [3.63, 3.8) is 0 Å². The molecule has 3 rings (SSSR count). The van der Waals surface area contributed by atoms with Gasteiger partial charge in [0, 0.05) is 10.6 Å². The largest absolute Gasteiger partial charge is 0.399 e. The van der Waals surface area contributed by atoms with Crippen molar-refractivity contribution >= 4 is 28.6 Å². The van der Waals surface area contributed by atoms with E-state index in [1.165, 1.54) is 23.3 Å². The van der Waals surface area contributed by atoms with E-state index in [1.807, 2.05) is 37.3 Å². The zero-order valence-corrected chi connectivity index (χ0v) is 15.0. The van der Waals surface area contributed by atoms with Gasteiger partial charge in [0.2, 0.25) is 0 Å². The first kappa shape index (κ1) is 16.7. The molecular weight excluding hydrogens is 318 g/mol. The van der Waals surface area contributed by atoms with Crippen molar-refractivity contribution in [1.29, 1.82) is 0 Å². The number of nitrogens with one attached hydrogen (secondary N) is 1. The smallest absolute Gasteiger partial charge is 0.281 e. The van der Waals surface area contributed by atoms with Crippen molar-refractivity contribution in [1.82, 2.24) is 5.43 Å². The summed E-state index contributed by atoms with van der Waals surface area (Å²) in [4.78, 5) is 14.5. The van der Waals surface area contributed by atoms with Gasteiger partial charge in [-0.1, -0.05) is 25.5 Å². The van der Waals surface area contributed by atoms with Crippen molar-refractivity contribution < 1.29 is 4.79 Å². The first-order valence-electron chi connectivity index (χ1n) is 8.39. The molecule has 0 fully saturated rings. The standard InChI is InChI=1S/C19H23N3OS/c1-3-13-7-8-17-15(9-13)11-18(24-17)19(23)22-21-12(2)14-5-4-6-16(20)10-14/h4-6,10-11,13H,3,7-9,20H2,1-2H3,(H,22,23)/b21-12+. The number of nitrogens with two attached hydrogens (primary N) is 1. The average molecular weight is 341 g/mol. The molecule has 1 unspecified atom stereocenters. The van der Waals surface area contributed by atoms with E-state index in [2.05, 4.69) is 17.5 Å². The van der Waals surface area contributed by atoms with Gasteiger partial charge in [-0.15, -0.1) is 11.3 Å². The molecule has 1 heterocycles. The fourth-order valence-corrected chi connectivity index (χ4v) is 4.18. The van der Waals surface area contributed by atoms with Gasteiger partial charge in [-0.2, -0.15) is 5.10 Å². The molecular formula is C19H23N3OS. The summed E-state index contributed by atoms with van der Waals surface area (Å²) in [6.07, 6.45) is 4.64. The van der Waals surface area contributed by atoms with E-state index >= 15 is 0 Å². The van der Waals surface area contributed by atoms with Gasteiger partial charge in [0.1, 0.15) is 0 Å². The number of benzene rings is 1. The van der Waals surface area contributed by atoms with Crippen molar-refractivity contribution in [3.8, 4) is 0 Å². The number of rotatable bonds is 4. The van der Waals surface area contributed by atoms with Crippen LogP contribution >= 0.6 is 11.3 Å². The minimum atomic E-state index is -0.134. The summed E-state index contributed by atoms with van der Waals surface area (Å²) < 4.78 is 0.